The van der Waals surface area contributed by atoms with Crippen LogP contribution in [0.15, 0.2) is 46.0 Å². The number of fused-ring (bicyclic) bond motifs is 1. The average Bonchev–Trinajstić information content (AvgIpc) is 3.26. The lowest BCUT2D eigenvalue weighted by molar-refractivity contribution is -0.114. The van der Waals surface area contributed by atoms with Crippen molar-refractivity contribution in [2.24, 2.45) is 16.0 Å². The highest BCUT2D eigenvalue weighted by atomic mass is 32.2. The molecule has 1 aromatic carbocycles. The van der Waals surface area contributed by atoms with Gasteiger partial charge in [0.25, 0.3) is 5.91 Å². The summed E-state index contributed by atoms with van der Waals surface area (Å²) >= 11 is 1.36. The van der Waals surface area contributed by atoms with E-state index in [0.717, 1.165) is 34.1 Å². The molecule has 0 radical (unpaired) electrons. The minimum absolute atomic E-state index is 0.0743. The molecule has 0 spiro atoms. The number of aromatic nitrogens is 1. The Balaban J connectivity index is 1.72. The summed E-state index contributed by atoms with van der Waals surface area (Å²) in [5.41, 5.74) is 5.62. The molecule has 2 aliphatic heterocycles. The van der Waals surface area contributed by atoms with Gasteiger partial charge in [-0.05, 0) is 67.4 Å². The average molecular weight is 420 g/mol. The number of nitrogens with one attached hydrogen (secondary N) is 1. The zero-order chi connectivity index (χ0) is 21.6. The number of carbonyl (C=O) groups is 1. The van der Waals surface area contributed by atoms with E-state index in [0.29, 0.717) is 5.17 Å². The molecule has 7 heteroatoms. The van der Waals surface area contributed by atoms with Crippen molar-refractivity contribution in [2.75, 3.05) is 0 Å². The molecular formula is C23H25N5OS. The molecule has 0 saturated heterocycles. The Morgan fingerprint density at radius 2 is 1.90 bits per heavy atom. The topological polar surface area (TPSA) is 73.8 Å². The second kappa shape index (κ2) is 7.72. The van der Waals surface area contributed by atoms with Crippen LogP contribution < -0.4 is 0 Å². The zero-order valence-corrected chi connectivity index (χ0v) is 18.7. The molecule has 0 fully saturated rings. The van der Waals surface area contributed by atoms with Crippen molar-refractivity contribution in [3.8, 4) is 5.69 Å². The normalized spacial score (nSPS) is 17.7. The van der Waals surface area contributed by atoms with Gasteiger partial charge in [0.1, 0.15) is 5.04 Å². The number of thioether (sulfide) groups is 1. The quantitative estimate of drug-likeness (QED) is 0.714. The number of amides is 1. The fourth-order valence-corrected chi connectivity index (χ4v) is 4.50. The minimum atomic E-state index is -0.393. The number of aryl methyl sites for hydroxylation is 2. The predicted octanol–water partition coefficient (Wildman–Crippen LogP) is 4.93. The molecule has 0 atom stereocenters. The Bertz CT molecular complexity index is 1140. The van der Waals surface area contributed by atoms with Gasteiger partial charge in [0.2, 0.25) is 5.17 Å². The van der Waals surface area contributed by atoms with Crippen molar-refractivity contribution in [1.29, 1.82) is 5.41 Å². The SMILES string of the molecule is CCc1ccc(-n2c(C)cc(/C=C3/C(=N)N4N=C(C(C)C)SC4=NC3=O)c2C)cc1. The van der Waals surface area contributed by atoms with Gasteiger partial charge in [-0.3, -0.25) is 10.2 Å². The van der Waals surface area contributed by atoms with Crippen molar-refractivity contribution in [3.63, 3.8) is 0 Å². The highest BCUT2D eigenvalue weighted by Crippen LogP contribution is 2.31. The molecule has 154 valence electrons. The van der Waals surface area contributed by atoms with Crippen LogP contribution in [0.5, 0.6) is 0 Å². The number of hydrazone groups is 1. The van der Waals surface area contributed by atoms with Crippen molar-refractivity contribution < 1.29 is 4.79 Å². The molecule has 2 aromatic rings. The maximum Gasteiger partial charge on any atom is 0.283 e. The highest BCUT2D eigenvalue weighted by molar-refractivity contribution is 8.27. The smallest absolute Gasteiger partial charge is 0.283 e. The summed E-state index contributed by atoms with van der Waals surface area (Å²) in [5, 5.41) is 15.8. The number of benzene rings is 1. The summed E-state index contributed by atoms with van der Waals surface area (Å²) in [6.45, 7) is 10.3. The molecular weight excluding hydrogens is 394 g/mol. The zero-order valence-electron chi connectivity index (χ0n) is 17.9. The third kappa shape index (κ3) is 3.43. The van der Waals surface area contributed by atoms with Gasteiger partial charge in [0.15, 0.2) is 5.84 Å². The summed E-state index contributed by atoms with van der Waals surface area (Å²) in [7, 11) is 0. The van der Waals surface area contributed by atoms with Crippen molar-refractivity contribution in [1.82, 2.24) is 9.58 Å². The van der Waals surface area contributed by atoms with E-state index in [1.54, 1.807) is 6.08 Å². The van der Waals surface area contributed by atoms with E-state index in [9.17, 15) is 4.79 Å². The van der Waals surface area contributed by atoms with Crippen LogP contribution >= 0.6 is 11.8 Å². The summed E-state index contributed by atoms with van der Waals surface area (Å²) in [4.78, 5) is 16.9. The Hall–Kier alpha value is -2.93. The van der Waals surface area contributed by atoms with Crippen LogP contribution in [0, 0.1) is 25.2 Å². The first kappa shape index (κ1) is 20.3. The number of rotatable bonds is 4. The molecule has 3 heterocycles. The van der Waals surface area contributed by atoms with Crippen molar-refractivity contribution in [3.05, 3.63) is 58.4 Å². The lowest BCUT2D eigenvalue weighted by atomic mass is 10.1. The first-order valence-corrected chi connectivity index (χ1v) is 10.9. The molecule has 30 heavy (non-hydrogen) atoms. The van der Waals surface area contributed by atoms with Crippen LogP contribution in [0.4, 0.5) is 0 Å². The van der Waals surface area contributed by atoms with Gasteiger partial charge in [0.05, 0.1) is 5.57 Å². The summed E-state index contributed by atoms with van der Waals surface area (Å²) < 4.78 is 2.16. The Morgan fingerprint density at radius 3 is 2.53 bits per heavy atom. The molecule has 1 N–H and O–H groups in total. The first-order chi connectivity index (χ1) is 14.3. The van der Waals surface area contributed by atoms with E-state index >= 15 is 0 Å². The number of amidine groups is 2. The summed E-state index contributed by atoms with van der Waals surface area (Å²) in [5.74, 6) is -0.0991. The molecule has 0 unspecified atom stereocenters. The number of aliphatic imine (C=N–C) groups is 1. The highest BCUT2D eigenvalue weighted by Gasteiger charge is 2.36. The van der Waals surface area contributed by atoms with E-state index < -0.39 is 5.91 Å². The van der Waals surface area contributed by atoms with E-state index in [1.165, 1.54) is 22.3 Å². The van der Waals surface area contributed by atoms with Crippen LogP contribution in [0.25, 0.3) is 11.8 Å². The van der Waals surface area contributed by atoms with Crippen molar-refractivity contribution >= 4 is 39.8 Å². The molecule has 1 aromatic heterocycles. The number of hydrogen-bond acceptors (Lipinski definition) is 4. The third-order valence-corrected chi connectivity index (χ3v) is 6.55. The third-order valence-electron chi connectivity index (χ3n) is 5.34. The van der Waals surface area contributed by atoms with Gasteiger partial charge >= 0.3 is 0 Å². The van der Waals surface area contributed by atoms with Gasteiger partial charge in [-0.15, -0.1) is 0 Å². The van der Waals surface area contributed by atoms with E-state index in [2.05, 4.69) is 45.9 Å². The second-order valence-corrected chi connectivity index (χ2v) is 8.78. The van der Waals surface area contributed by atoms with Gasteiger partial charge in [0, 0.05) is 23.0 Å². The predicted molar refractivity (Wildman–Crippen MR) is 124 cm³/mol. The largest absolute Gasteiger partial charge is 0.318 e. The Morgan fingerprint density at radius 1 is 1.20 bits per heavy atom. The molecule has 6 nitrogen and oxygen atoms in total. The maximum absolute atomic E-state index is 12.7. The fourth-order valence-electron chi connectivity index (χ4n) is 3.61. The molecule has 0 aliphatic carbocycles. The standard InChI is InChI=1S/C23H25N5OS/c1-6-16-7-9-18(10-8-16)27-14(4)11-17(15(27)5)12-19-20(24)28-23(25-21(19)29)30-22(26-28)13(2)3/h7-13,24H,6H2,1-5H3/b19-12-,24-20?. The summed E-state index contributed by atoms with van der Waals surface area (Å²) in [6, 6.07) is 10.5. The lowest BCUT2D eigenvalue weighted by Gasteiger charge is -2.20. The Kier molecular flexibility index (Phi) is 5.24. The van der Waals surface area contributed by atoms with Crippen molar-refractivity contribution in [2.45, 2.75) is 41.0 Å². The van der Waals surface area contributed by atoms with Gasteiger partial charge in [-0.25, -0.2) is 0 Å². The van der Waals surface area contributed by atoms with Gasteiger partial charge < -0.3 is 4.57 Å². The van der Waals surface area contributed by atoms with E-state index in [-0.39, 0.29) is 17.3 Å². The van der Waals surface area contributed by atoms with Crippen LogP contribution in [0.2, 0.25) is 0 Å². The first-order valence-electron chi connectivity index (χ1n) is 10.1. The monoisotopic (exact) mass is 419 g/mol. The molecule has 0 saturated carbocycles. The van der Waals surface area contributed by atoms with Gasteiger partial charge in [-0.2, -0.15) is 15.1 Å². The molecule has 1 amide bonds. The van der Waals surface area contributed by atoms with Crippen LogP contribution in [-0.2, 0) is 11.2 Å². The Labute approximate surface area is 180 Å². The number of nitrogens with zero attached hydrogens (tertiary/aromatic N) is 4. The second-order valence-electron chi connectivity index (χ2n) is 7.79. The van der Waals surface area contributed by atoms with E-state index in [1.807, 2.05) is 33.8 Å². The summed E-state index contributed by atoms with van der Waals surface area (Å²) in [6.07, 6.45) is 2.77. The molecule has 4 rings (SSSR count). The number of carbonyl (C=O) groups excluding carboxylic acids is 1. The maximum atomic E-state index is 12.7. The molecule has 2 aliphatic rings. The van der Waals surface area contributed by atoms with Crippen LogP contribution in [0.3, 0.4) is 0 Å². The minimum Gasteiger partial charge on any atom is -0.318 e. The lowest BCUT2D eigenvalue weighted by Crippen LogP contribution is -2.35. The van der Waals surface area contributed by atoms with Crippen LogP contribution in [0.1, 0.15) is 43.3 Å². The van der Waals surface area contributed by atoms with Gasteiger partial charge in [-0.1, -0.05) is 32.9 Å². The molecule has 0 bridgehead atoms. The number of hydrogen-bond donors (Lipinski definition) is 1. The van der Waals surface area contributed by atoms with Crippen LogP contribution in [-0.4, -0.2) is 31.5 Å². The van der Waals surface area contributed by atoms with E-state index in [4.69, 9.17) is 5.41 Å². The fraction of sp³-hybridized carbons (Fsp3) is 0.304.